The fraction of sp³-hybridized carbons (Fsp3) is 0.583. The van der Waals surface area contributed by atoms with Crippen molar-refractivity contribution in [3.8, 4) is 0 Å². The minimum Gasteiger partial charge on any atom is -0.378 e. The number of hydrazine groups is 1. The second kappa shape index (κ2) is 6.49. The van der Waals surface area contributed by atoms with Crippen molar-refractivity contribution in [2.45, 2.75) is 19.9 Å². The van der Waals surface area contributed by atoms with E-state index in [-0.39, 0.29) is 11.9 Å². The topological polar surface area (TPSA) is 105 Å². The Bertz CT molecular complexity index is 475. The van der Waals surface area contributed by atoms with Crippen LogP contribution in [0.3, 0.4) is 0 Å². The molecule has 0 aromatic carbocycles. The summed E-state index contributed by atoms with van der Waals surface area (Å²) in [6.07, 6.45) is 0. The summed E-state index contributed by atoms with van der Waals surface area (Å²) in [5, 5.41) is 3.08. The van der Waals surface area contributed by atoms with Crippen LogP contribution in [0.25, 0.3) is 0 Å². The lowest BCUT2D eigenvalue weighted by Crippen LogP contribution is -2.47. The summed E-state index contributed by atoms with van der Waals surface area (Å²) in [7, 11) is 0. The van der Waals surface area contributed by atoms with E-state index in [1.165, 1.54) is 0 Å². The number of nitrogens with zero attached hydrogens (tertiary/aromatic N) is 3. The first-order chi connectivity index (χ1) is 9.60. The molecule has 8 heteroatoms. The lowest BCUT2D eigenvalue weighted by Gasteiger charge is -2.29. The van der Waals surface area contributed by atoms with Crippen LogP contribution in [0.1, 0.15) is 12.6 Å². The number of aromatic nitrogens is 2. The maximum atomic E-state index is 12.3. The van der Waals surface area contributed by atoms with Gasteiger partial charge in [0.05, 0.1) is 13.2 Å². The molecule has 1 aromatic heterocycles. The van der Waals surface area contributed by atoms with Crippen molar-refractivity contribution in [2.24, 2.45) is 5.84 Å². The smallest absolute Gasteiger partial charge is 0.244 e. The summed E-state index contributed by atoms with van der Waals surface area (Å²) < 4.78 is 5.24. The predicted molar refractivity (Wildman–Crippen MR) is 75.1 cm³/mol. The molecule has 2 heterocycles. The van der Waals surface area contributed by atoms with Gasteiger partial charge in [-0.25, -0.2) is 10.8 Å². The number of nitrogen functional groups attached to an aromatic ring is 1. The number of carbonyl (C=O) groups excluding carboxylic acids is 1. The van der Waals surface area contributed by atoms with Gasteiger partial charge in [0, 0.05) is 24.8 Å². The Morgan fingerprint density at radius 2 is 2.15 bits per heavy atom. The Labute approximate surface area is 117 Å². The van der Waals surface area contributed by atoms with E-state index in [0.29, 0.717) is 38.1 Å². The van der Waals surface area contributed by atoms with Crippen molar-refractivity contribution >= 4 is 17.7 Å². The molecule has 0 bridgehead atoms. The van der Waals surface area contributed by atoms with Gasteiger partial charge >= 0.3 is 0 Å². The first kappa shape index (κ1) is 14.5. The van der Waals surface area contributed by atoms with Gasteiger partial charge in [-0.1, -0.05) is 0 Å². The van der Waals surface area contributed by atoms with Gasteiger partial charge in [0.15, 0.2) is 0 Å². The van der Waals surface area contributed by atoms with Gasteiger partial charge < -0.3 is 15.0 Å². The maximum absolute atomic E-state index is 12.3. The zero-order chi connectivity index (χ0) is 14.5. The van der Waals surface area contributed by atoms with E-state index < -0.39 is 0 Å². The average molecular weight is 280 g/mol. The molecule has 1 atom stereocenters. The van der Waals surface area contributed by atoms with Gasteiger partial charge in [-0.3, -0.25) is 10.2 Å². The highest BCUT2D eigenvalue weighted by Gasteiger charge is 2.22. The van der Waals surface area contributed by atoms with Crippen LogP contribution in [-0.4, -0.2) is 53.1 Å². The lowest BCUT2D eigenvalue weighted by molar-refractivity contribution is -0.135. The van der Waals surface area contributed by atoms with E-state index in [2.05, 4.69) is 20.7 Å². The quantitative estimate of drug-likeness (QED) is 0.515. The first-order valence-corrected chi connectivity index (χ1v) is 6.55. The van der Waals surface area contributed by atoms with Crippen LogP contribution >= 0.6 is 0 Å². The van der Waals surface area contributed by atoms with Gasteiger partial charge in [-0.2, -0.15) is 4.98 Å². The highest BCUT2D eigenvalue weighted by Crippen LogP contribution is 2.11. The molecule has 2 rings (SSSR count). The molecule has 20 heavy (non-hydrogen) atoms. The van der Waals surface area contributed by atoms with Gasteiger partial charge in [0.25, 0.3) is 0 Å². The first-order valence-electron chi connectivity index (χ1n) is 6.55. The summed E-state index contributed by atoms with van der Waals surface area (Å²) >= 11 is 0. The number of morpholine rings is 1. The minimum absolute atomic E-state index is 0.0341. The molecule has 0 radical (unpaired) electrons. The molecule has 1 aromatic rings. The fourth-order valence-electron chi connectivity index (χ4n) is 2.05. The number of hydrogen-bond donors (Lipinski definition) is 3. The largest absolute Gasteiger partial charge is 0.378 e. The molecule has 1 fully saturated rings. The monoisotopic (exact) mass is 280 g/mol. The van der Waals surface area contributed by atoms with E-state index in [1.807, 2.05) is 13.8 Å². The van der Waals surface area contributed by atoms with E-state index >= 15 is 0 Å². The summed E-state index contributed by atoms with van der Waals surface area (Å²) in [5.74, 6) is 6.22. The van der Waals surface area contributed by atoms with E-state index in [1.54, 1.807) is 11.0 Å². The number of aryl methyl sites for hydroxylation is 1. The Kier molecular flexibility index (Phi) is 4.70. The van der Waals surface area contributed by atoms with Crippen LogP contribution in [0.4, 0.5) is 11.8 Å². The van der Waals surface area contributed by atoms with Crippen LogP contribution in [-0.2, 0) is 9.53 Å². The molecule has 0 aliphatic carbocycles. The molecule has 1 aliphatic rings. The summed E-state index contributed by atoms with van der Waals surface area (Å²) in [6, 6.07) is 1.40. The Morgan fingerprint density at radius 3 is 2.80 bits per heavy atom. The van der Waals surface area contributed by atoms with Crippen LogP contribution < -0.4 is 16.6 Å². The molecule has 1 aliphatic heterocycles. The molecular weight excluding hydrogens is 260 g/mol. The zero-order valence-corrected chi connectivity index (χ0v) is 11.7. The molecule has 110 valence electrons. The van der Waals surface area contributed by atoms with Gasteiger partial charge in [0.2, 0.25) is 11.9 Å². The second-order valence-corrected chi connectivity index (χ2v) is 4.67. The van der Waals surface area contributed by atoms with Crippen LogP contribution in [0, 0.1) is 6.92 Å². The minimum atomic E-state index is -0.368. The van der Waals surface area contributed by atoms with Crippen LogP contribution in [0.2, 0.25) is 0 Å². The number of nitrogens with two attached hydrogens (primary N) is 1. The Hall–Kier alpha value is -1.93. The van der Waals surface area contributed by atoms with E-state index in [0.717, 1.165) is 5.69 Å². The molecule has 0 spiro atoms. The molecular formula is C12H20N6O2. The van der Waals surface area contributed by atoms with Crippen molar-refractivity contribution in [3.05, 3.63) is 11.8 Å². The fourth-order valence-corrected chi connectivity index (χ4v) is 2.05. The number of rotatable bonds is 4. The molecule has 1 unspecified atom stereocenters. The number of nitrogens with one attached hydrogen (secondary N) is 2. The zero-order valence-electron chi connectivity index (χ0n) is 11.7. The Morgan fingerprint density at radius 1 is 1.45 bits per heavy atom. The summed E-state index contributed by atoms with van der Waals surface area (Å²) in [6.45, 7) is 6.08. The van der Waals surface area contributed by atoms with Crippen molar-refractivity contribution in [3.63, 3.8) is 0 Å². The van der Waals surface area contributed by atoms with Crippen molar-refractivity contribution < 1.29 is 9.53 Å². The Balaban J connectivity index is 2.01. The number of hydrogen-bond acceptors (Lipinski definition) is 7. The third-order valence-corrected chi connectivity index (χ3v) is 3.04. The summed E-state index contributed by atoms with van der Waals surface area (Å²) in [5.41, 5.74) is 3.17. The van der Waals surface area contributed by atoms with Crippen molar-refractivity contribution in [1.82, 2.24) is 14.9 Å². The highest BCUT2D eigenvalue weighted by atomic mass is 16.5. The SMILES string of the molecule is Cc1cc(NC(C)C(=O)N2CCOCC2)nc(NN)n1. The number of ether oxygens (including phenoxy) is 1. The van der Waals surface area contributed by atoms with E-state index in [9.17, 15) is 4.79 Å². The molecule has 1 amide bonds. The van der Waals surface area contributed by atoms with Crippen LogP contribution in [0.5, 0.6) is 0 Å². The average Bonchev–Trinajstić information content (AvgIpc) is 2.46. The predicted octanol–water partition coefficient (Wildman–Crippen LogP) is -0.270. The maximum Gasteiger partial charge on any atom is 0.244 e. The van der Waals surface area contributed by atoms with Crippen LogP contribution in [0.15, 0.2) is 6.07 Å². The lowest BCUT2D eigenvalue weighted by atomic mass is 10.2. The number of carbonyl (C=O) groups is 1. The molecule has 4 N–H and O–H groups in total. The highest BCUT2D eigenvalue weighted by molar-refractivity contribution is 5.84. The van der Waals surface area contributed by atoms with Gasteiger partial charge in [-0.05, 0) is 13.8 Å². The molecule has 8 nitrogen and oxygen atoms in total. The number of anilines is 2. The summed E-state index contributed by atoms with van der Waals surface area (Å²) in [4.78, 5) is 22.3. The third-order valence-electron chi connectivity index (χ3n) is 3.04. The van der Waals surface area contributed by atoms with Crippen molar-refractivity contribution in [1.29, 1.82) is 0 Å². The molecule has 0 saturated carbocycles. The standard InChI is InChI=1S/C12H20N6O2/c1-8-7-10(16-12(14-8)17-13)15-9(2)11(19)18-3-5-20-6-4-18/h7,9H,3-6,13H2,1-2H3,(H2,14,15,16,17). The third kappa shape index (κ3) is 3.55. The van der Waals surface area contributed by atoms with Gasteiger partial charge in [0.1, 0.15) is 11.9 Å². The number of amides is 1. The van der Waals surface area contributed by atoms with Crippen molar-refractivity contribution in [2.75, 3.05) is 37.0 Å². The normalized spacial score (nSPS) is 16.6. The van der Waals surface area contributed by atoms with Gasteiger partial charge in [-0.15, -0.1) is 0 Å². The van der Waals surface area contributed by atoms with E-state index in [4.69, 9.17) is 10.6 Å². The second-order valence-electron chi connectivity index (χ2n) is 4.67. The molecule has 1 saturated heterocycles.